The Morgan fingerprint density at radius 2 is 0.226 bits per heavy atom. The molecular formula is C48H126B5. The number of unbranched alkanes of at least 4 members (excludes halogenated alkanes) is 10. The minimum Gasteiger partial charge on any atom is -0.0922 e. The highest BCUT2D eigenvalue weighted by atomic mass is 13.8. The van der Waals surface area contributed by atoms with Crippen molar-refractivity contribution in [1.29, 1.82) is 0 Å². The highest BCUT2D eigenvalue weighted by Gasteiger charge is 1.70. The maximum absolute atomic E-state index is 2.21. The molecule has 0 N–H and O–H groups in total. The first-order valence-corrected chi connectivity index (χ1v) is 24.1. The Balaban J connectivity index is -0.0000000227. The Morgan fingerprint density at radius 3 is 0.226 bits per heavy atom. The summed E-state index contributed by atoms with van der Waals surface area (Å²) >= 11 is 0. The van der Waals surface area contributed by atoms with Crippen molar-refractivity contribution in [2.75, 3.05) is 0 Å². The first-order chi connectivity index (χ1) is 25.4. The van der Waals surface area contributed by atoms with Crippen LogP contribution in [0.15, 0.2) is 0 Å². The van der Waals surface area contributed by atoms with E-state index in [0.717, 1.165) is 0 Å². The third-order valence-electron chi connectivity index (χ3n) is 3.54. The van der Waals surface area contributed by atoms with Gasteiger partial charge in [-0.05, 0) is 0 Å². The lowest BCUT2D eigenvalue weighted by atomic mass is 9.88. The van der Waals surface area contributed by atoms with Crippen molar-refractivity contribution in [3.63, 3.8) is 0 Å². The van der Waals surface area contributed by atoms with Gasteiger partial charge in [0, 0.05) is 0 Å². The number of hydrogen-bond donors (Lipinski definition) is 0. The van der Waals surface area contributed by atoms with Gasteiger partial charge in [-0.1, -0.05) is 322 Å². The number of rotatable bonds is 10. The SMILES string of the molecule is CC.CC.CCC.CCC.CCC.CCCCC.CCCCC.CCCCC.CCCCC.CCCCC.C[B]C.C[B]C.C[B]C.C[B]C.C[B]C. The topological polar surface area (TPSA) is 0 Å². The van der Waals surface area contributed by atoms with Crippen LogP contribution in [0.25, 0.3) is 0 Å². The highest BCUT2D eigenvalue weighted by molar-refractivity contribution is 6.32. The van der Waals surface area contributed by atoms with E-state index in [0.29, 0.717) is 0 Å². The van der Waals surface area contributed by atoms with Gasteiger partial charge in [0.1, 0.15) is 36.4 Å². The molecule has 0 atom stereocenters. The minimum absolute atomic E-state index is 1.25. The summed E-state index contributed by atoms with van der Waals surface area (Å²) in [5, 5.41) is 0. The molecule has 0 unspecified atom stereocenters. The van der Waals surface area contributed by atoms with Crippen molar-refractivity contribution < 1.29 is 0 Å². The van der Waals surface area contributed by atoms with E-state index in [4.69, 9.17) is 0 Å². The maximum Gasteiger partial charge on any atom is 0.102 e. The van der Waals surface area contributed by atoms with Crippen molar-refractivity contribution in [3.05, 3.63) is 0 Å². The average Bonchev–Trinajstić information content (AvgIpc) is 3.12. The smallest absolute Gasteiger partial charge is 0.0922 e. The van der Waals surface area contributed by atoms with Crippen LogP contribution in [0, 0.1) is 0 Å². The summed E-state index contributed by atoms with van der Waals surface area (Å²) in [6.45, 7) is 62.9. The normalized spacial score (nSPS) is 6.53. The predicted molar refractivity (Wildman–Crippen MR) is 284 cm³/mol. The van der Waals surface area contributed by atoms with Crippen LogP contribution >= 0.6 is 0 Å². The van der Waals surface area contributed by atoms with Gasteiger partial charge in [0.15, 0.2) is 0 Å². The van der Waals surface area contributed by atoms with E-state index in [1.807, 2.05) is 132 Å². The molecule has 0 aliphatic rings. The molecule has 333 valence electrons. The fourth-order valence-corrected chi connectivity index (χ4v) is 1.77. The van der Waals surface area contributed by atoms with Gasteiger partial charge < -0.3 is 0 Å². The second kappa shape index (κ2) is 253. The van der Waals surface area contributed by atoms with E-state index in [1.54, 1.807) is 0 Å². The van der Waals surface area contributed by atoms with Crippen molar-refractivity contribution in [1.82, 2.24) is 0 Å². The zero-order chi connectivity index (χ0) is 46.3. The first-order valence-electron chi connectivity index (χ1n) is 24.1. The fourth-order valence-electron chi connectivity index (χ4n) is 1.77. The zero-order valence-corrected chi connectivity index (χ0v) is 45.6. The van der Waals surface area contributed by atoms with E-state index in [1.165, 1.54) is 116 Å². The van der Waals surface area contributed by atoms with Crippen LogP contribution in [0.3, 0.4) is 0 Å². The molecule has 0 nitrogen and oxygen atoms in total. The van der Waals surface area contributed by atoms with Crippen LogP contribution in [0.4, 0.5) is 0 Å². The van der Waals surface area contributed by atoms with Gasteiger partial charge in [-0.25, -0.2) is 0 Å². The van der Waals surface area contributed by atoms with E-state index >= 15 is 0 Å². The lowest BCUT2D eigenvalue weighted by Crippen LogP contribution is -1.59. The van der Waals surface area contributed by atoms with Crippen LogP contribution in [-0.4, -0.2) is 36.4 Å². The third-order valence-corrected chi connectivity index (χ3v) is 3.54. The molecule has 0 aromatic carbocycles. The van der Waals surface area contributed by atoms with Crippen LogP contribution in [-0.2, 0) is 0 Å². The molecule has 0 saturated carbocycles. The average molecular weight is 758 g/mol. The minimum atomic E-state index is 1.25. The Kier molecular flexibility index (Phi) is 475. The molecule has 0 amide bonds. The monoisotopic (exact) mass is 758 g/mol. The molecular weight excluding hydrogens is 631 g/mol. The van der Waals surface area contributed by atoms with E-state index in [2.05, 4.69) is 111 Å². The highest BCUT2D eigenvalue weighted by Crippen LogP contribution is 1.90. The molecule has 0 heterocycles. The van der Waals surface area contributed by atoms with Gasteiger partial charge in [0.2, 0.25) is 0 Å². The zero-order valence-electron chi connectivity index (χ0n) is 45.6. The largest absolute Gasteiger partial charge is 0.102 e. The van der Waals surface area contributed by atoms with Crippen LogP contribution in [0.5, 0.6) is 0 Å². The molecule has 0 aliphatic heterocycles. The summed E-state index contributed by atoms with van der Waals surface area (Å²) in [5.74, 6) is 0. The van der Waals surface area contributed by atoms with E-state index in [-0.39, 0.29) is 0 Å². The van der Waals surface area contributed by atoms with Gasteiger partial charge >= 0.3 is 0 Å². The molecule has 0 aromatic rings. The second-order valence-corrected chi connectivity index (χ2v) is 11.8. The lowest BCUT2D eigenvalue weighted by Gasteiger charge is -1.79. The lowest BCUT2D eigenvalue weighted by molar-refractivity contribution is 0.772. The molecule has 0 saturated heterocycles. The van der Waals surface area contributed by atoms with Crippen LogP contribution < -0.4 is 0 Å². The Labute approximate surface area is 357 Å². The van der Waals surface area contributed by atoms with Crippen molar-refractivity contribution in [2.45, 2.75) is 322 Å². The Hall–Kier alpha value is 0.325. The second-order valence-electron chi connectivity index (χ2n) is 11.8. The molecule has 53 heavy (non-hydrogen) atoms. The molecule has 0 aromatic heterocycles. The molecule has 5 heteroatoms. The van der Waals surface area contributed by atoms with E-state index < -0.39 is 0 Å². The third kappa shape index (κ3) is 1240. The van der Waals surface area contributed by atoms with E-state index in [9.17, 15) is 0 Å². The van der Waals surface area contributed by atoms with Gasteiger partial charge in [0.05, 0.1) is 0 Å². The van der Waals surface area contributed by atoms with Crippen LogP contribution in [0.1, 0.15) is 254 Å². The number of hydrogen-bond acceptors (Lipinski definition) is 0. The first kappa shape index (κ1) is 99.4. The molecule has 5 radical (unpaired) electrons. The molecule has 0 rings (SSSR count). The van der Waals surface area contributed by atoms with Crippen LogP contribution in [0.2, 0.25) is 68.2 Å². The maximum atomic E-state index is 2.21. The summed E-state index contributed by atoms with van der Waals surface area (Å²) in [7, 11) is 10.0. The molecule has 0 spiro atoms. The summed E-state index contributed by atoms with van der Waals surface area (Å²) in [5.41, 5.74) is 0. The standard InChI is InChI=1S/5C5H12.3C3H8.5C2H6B.2C2H6/c5*1-3-5-4-2;8*1-3-2;2*1-2/h5*3-5H2,1-2H3;3*3H2,1-2H3;5*1-2H3;2*1-2H3. The quantitative estimate of drug-likeness (QED) is 0.195. The Morgan fingerprint density at radius 1 is 0.189 bits per heavy atom. The van der Waals surface area contributed by atoms with Crippen molar-refractivity contribution in [3.8, 4) is 0 Å². The molecule has 0 aliphatic carbocycles. The van der Waals surface area contributed by atoms with Gasteiger partial charge in [-0.15, -0.1) is 0 Å². The van der Waals surface area contributed by atoms with Gasteiger partial charge in [-0.3, -0.25) is 0 Å². The van der Waals surface area contributed by atoms with Crippen molar-refractivity contribution in [2.24, 2.45) is 0 Å². The van der Waals surface area contributed by atoms with Crippen molar-refractivity contribution >= 4 is 36.4 Å². The van der Waals surface area contributed by atoms with Gasteiger partial charge in [-0.2, -0.15) is 0 Å². The molecule has 0 fully saturated rings. The summed E-state index contributed by atoms with van der Waals surface area (Å²) < 4.78 is 0. The Bertz CT molecular complexity index is 163. The summed E-state index contributed by atoms with van der Waals surface area (Å²) in [4.78, 5) is 0. The molecule has 0 bridgehead atoms. The fraction of sp³-hybridized carbons (Fsp3) is 1.00. The predicted octanol–water partition coefficient (Wildman–Crippen LogP) is 21.2. The summed E-state index contributed by atoms with van der Waals surface area (Å²) in [6, 6.07) is 0. The summed E-state index contributed by atoms with van der Waals surface area (Å²) in [6.07, 6.45) is 24.1. The van der Waals surface area contributed by atoms with Gasteiger partial charge in [0.25, 0.3) is 0 Å².